The summed E-state index contributed by atoms with van der Waals surface area (Å²) in [6.45, 7) is 3.19. The lowest BCUT2D eigenvalue weighted by Gasteiger charge is -2.14. The summed E-state index contributed by atoms with van der Waals surface area (Å²) in [6, 6.07) is 3.96. The molecule has 0 saturated carbocycles. The van der Waals surface area contributed by atoms with E-state index < -0.39 is 0 Å². The highest BCUT2D eigenvalue weighted by molar-refractivity contribution is 6.17. The zero-order valence-electron chi connectivity index (χ0n) is 8.54. The third-order valence-corrected chi connectivity index (χ3v) is 2.59. The van der Waals surface area contributed by atoms with E-state index in [4.69, 9.17) is 11.6 Å². The predicted octanol–water partition coefficient (Wildman–Crippen LogP) is 3.15. The Bertz CT molecular complexity index is 238. The van der Waals surface area contributed by atoms with Crippen molar-refractivity contribution in [1.82, 2.24) is 4.98 Å². The van der Waals surface area contributed by atoms with E-state index in [1.165, 1.54) is 6.42 Å². The van der Waals surface area contributed by atoms with Gasteiger partial charge in [0.15, 0.2) is 0 Å². The van der Waals surface area contributed by atoms with E-state index in [9.17, 15) is 0 Å². The first-order chi connectivity index (χ1) is 6.86. The first-order valence-corrected chi connectivity index (χ1v) is 5.60. The van der Waals surface area contributed by atoms with Crippen molar-refractivity contribution >= 4 is 17.3 Å². The van der Waals surface area contributed by atoms with Crippen LogP contribution in [0.15, 0.2) is 24.5 Å². The summed E-state index contributed by atoms with van der Waals surface area (Å²) in [6.07, 6.45) is 5.84. The molecule has 14 heavy (non-hydrogen) atoms. The molecule has 1 aromatic heterocycles. The van der Waals surface area contributed by atoms with Crippen LogP contribution in [0.2, 0.25) is 0 Å². The minimum atomic E-state index is 0.667. The number of pyridine rings is 1. The molecule has 1 heterocycles. The quantitative estimate of drug-likeness (QED) is 0.733. The van der Waals surface area contributed by atoms with E-state index in [-0.39, 0.29) is 0 Å². The van der Waals surface area contributed by atoms with Gasteiger partial charge in [0.25, 0.3) is 0 Å². The Labute approximate surface area is 90.7 Å². The highest BCUT2D eigenvalue weighted by atomic mass is 35.5. The van der Waals surface area contributed by atoms with Crippen LogP contribution in [-0.4, -0.2) is 17.4 Å². The molecule has 78 valence electrons. The normalized spacial score (nSPS) is 12.4. The average molecular weight is 213 g/mol. The van der Waals surface area contributed by atoms with E-state index >= 15 is 0 Å². The Morgan fingerprint density at radius 3 is 2.71 bits per heavy atom. The van der Waals surface area contributed by atoms with Gasteiger partial charge in [-0.15, -0.1) is 11.6 Å². The molecule has 0 radical (unpaired) electrons. The summed E-state index contributed by atoms with van der Waals surface area (Å²) in [5, 5.41) is 3.38. The molecule has 1 unspecified atom stereocenters. The maximum absolute atomic E-state index is 5.72. The van der Waals surface area contributed by atoms with Crippen LogP contribution in [-0.2, 0) is 0 Å². The molecule has 0 bridgehead atoms. The number of hydrogen-bond acceptors (Lipinski definition) is 2. The number of rotatable bonds is 6. The maximum atomic E-state index is 5.72. The van der Waals surface area contributed by atoms with Crippen molar-refractivity contribution in [3.63, 3.8) is 0 Å². The van der Waals surface area contributed by atoms with Gasteiger partial charge in [-0.1, -0.05) is 13.3 Å². The number of hydrogen-bond donors (Lipinski definition) is 1. The largest absolute Gasteiger partial charge is 0.385 e. The van der Waals surface area contributed by atoms with Crippen molar-refractivity contribution in [3.8, 4) is 0 Å². The third-order valence-electron chi connectivity index (χ3n) is 2.37. The second-order valence-corrected chi connectivity index (χ2v) is 3.75. The van der Waals surface area contributed by atoms with Gasteiger partial charge in [0.1, 0.15) is 0 Å². The summed E-state index contributed by atoms with van der Waals surface area (Å²) < 4.78 is 0. The molecule has 1 N–H and O–H groups in total. The Kier molecular flexibility index (Phi) is 5.38. The van der Waals surface area contributed by atoms with Crippen LogP contribution in [0.25, 0.3) is 0 Å². The lowest BCUT2D eigenvalue weighted by molar-refractivity contribution is 0.522. The van der Waals surface area contributed by atoms with Gasteiger partial charge in [0, 0.05) is 30.5 Å². The highest BCUT2D eigenvalue weighted by Crippen LogP contribution is 2.11. The number of halogens is 1. The molecular weight excluding hydrogens is 196 g/mol. The minimum Gasteiger partial charge on any atom is -0.385 e. The van der Waals surface area contributed by atoms with Gasteiger partial charge in [-0.3, -0.25) is 4.98 Å². The van der Waals surface area contributed by atoms with Gasteiger partial charge in [-0.25, -0.2) is 0 Å². The Morgan fingerprint density at radius 1 is 1.43 bits per heavy atom. The molecule has 1 aromatic rings. The first-order valence-electron chi connectivity index (χ1n) is 5.06. The van der Waals surface area contributed by atoms with Gasteiger partial charge < -0.3 is 5.32 Å². The molecule has 1 rings (SSSR count). The third kappa shape index (κ3) is 3.97. The molecule has 0 amide bonds. The molecule has 0 aliphatic rings. The smallest absolute Gasteiger partial charge is 0.0371 e. The van der Waals surface area contributed by atoms with Crippen molar-refractivity contribution in [1.29, 1.82) is 0 Å². The number of nitrogens with zero attached hydrogens (tertiary/aromatic N) is 1. The Hall–Kier alpha value is -0.760. The van der Waals surface area contributed by atoms with Crippen LogP contribution in [0.4, 0.5) is 5.69 Å². The average Bonchev–Trinajstić information content (AvgIpc) is 2.25. The second-order valence-electron chi connectivity index (χ2n) is 3.37. The topological polar surface area (TPSA) is 24.9 Å². The standard InChI is InChI=1S/C11H17ClN2/c1-2-10(3-6-12)9-14-11-4-7-13-8-5-11/h4-5,7-8,10H,2-3,6,9H2,1H3,(H,13,14). The van der Waals surface area contributed by atoms with Crippen LogP contribution >= 0.6 is 11.6 Å². The van der Waals surface area contributed by atoms with Crippen molar-refractivity contribution in [2.45, 2.75) is 19.8 Å². The molecule has 0 saturated heterocycles. The molecule has 0 fully saturated rings. The van der Waals surface area contributed by atoms with Crippen LogP contribution in [0.1, 0.15) is 19.8 Å². The van der Waals surface area contributed by atoms with Gasteiger partial charge in [0.2, 0.25) is 0 Å². The van der Waals surface area contributed by atoms with Gasteiger partial charge in [0.05, 0.1) is 0 Å². The fraction of sp³-hybridized carbons (Fsp3) is 0.545. The van der Waals surface area contributed by atoms with Gasteiger partial charge >= 0.3 is 0 Å². The van der Waals surface area contributed by atoms with E-state index in [0.29, 0.717) is 5.92 Å². The van der Waals surface area contributed by atoms with Crippen LogP contribution in [0, 0.1) is 5.92 Å². The summed E-state index contributed by atoms with van der Waals surface area (Å²) in [4.78, 5) is 3.97. The molecule has 0 aromatic carbocycles. The second kappa shape index (κ2) is 6.66. The minimum absolute atomic E-state index is 0.667. The van der Waals surface area contributed by atoms with Gasteiger partial charge in [-0.05, 0) is 24.5 Å². The lowest BCUT2D eigenvalue weighted by atomic mass is 10.0. The SMILES string of the molecule is CCC(CCCl)CNc1ccncc1. The van der Waals surface area contributed by atoms with Crippen molar-refractivity contribution in [2.75, 3.05) is 17.7 Å². The number of nitrogens with one attached hydrogen (secondary N) is 1. The van der Waals surface area contributed by atoms with Gasteiger partial charge in [-0.2, -0.15) is 0 Å². The Morgan fingerprint density at radius 2 is 2.14 bits per heavy atom. The predicted molar refractivity (Wildman–Crippen MR) is 61.8 cm³/mol. The summed E-state index contributed by atoms with van der Waals surface area (Å²) in [5.74, 6) is 1.41. The van der Waals surface area contributed by atoms with Crippen LogP contribution < -0.4 is 5.32 Å². The van der Waals surface area contributed by atoms with E-state index in [1.807, 2.05) is 12.1 Å². The van der Waals surface area contributed by atoms with Crippen LogP contribution in [0.3, 0.4) is 0 Å². The summed E-state index contributed by atoms with van der Waals surface area (Å²) in [7, 11) is 0. The number of alkyl halides is 1. The molecular formula is C11H17ClN2. The first kappa shape index (κ1) is 11.3. The van der Waals surface area contributed by atoms with Crippen molar-refractivity contribution in [2.24, 2.45) is 5.92 Å². The van der Waals surface area contributed by atoms with Crippen LogP contribution in [0.5, 0.6) is 0 Å². The van der Waals surface area contributed by atoms with E-state index in [1.54, 1.807) is 12.4 Å². The maximum Gasteiger partial charge on any atom is 0.0371 e. The molecule has 3 heteroatoms. The molecule has 0 spiro atoms. The monoisotopic (exact) mass is 212 g/mol. The zero-order chi connectivity index (χ0) is 10.2. The summed E-state index contributed by atoms with van der Waals surface area (Å²) in [5.41, 5.74) is 1.13. The highest BCUT2D eigenvalue weighted by Gasteiger charge is 2.04. The Balaban J connectivity index is 2.32. The van der Waals surface area contributed by atoms with E-state index in [0.717, 1.165) is 24.5 Å². The molecule has 1 atom stereocenters. The number of aromatic nitrogens is 1. The van der Waals surface area contributed by atoms with Crippen molar-refractivity contribution < 1.29 is 0 Å². The molecule has 0 aliphatic heterocycles. The molecule has 2 nitrogen and oxygen atoms in total. The fourth-order valence-electron chi connectivity index (χ4n) is 1.34. The summed E-state index contributed by atoms with van der Waals surface area (Å²) >= 11 is 5.72. The number of anilines is 1. The fourth-order valence-corrected chi connectivity index (χ4v) is 1.65. The van der Waals surface area contributed by atoms with Crippen molar-refractivity contribution in [3.05, 3.63) is 24.5 Å². The lowest BCUT2D eigenvalue weighted by Crippen LogP contribution is -2.14. The zero-order valence-corrected chi connectivity index (χ0v) is 9.30. The van der Waals surface area contributed by atoms with E-state index in [2.05, 4.69) is 17.2 Å². The molecule has 0 aliphatic carbocycles.